The predicted molar refractivity (Wildman–Crippen MR) is 107 cm³/mol. The first kappa shape index (κ1) is 18.8. The number of carbonyl (C=O) groups excluding carboxylic acids is 1. The molecule has 0 saturated carbocycles. The lowest BCUT2D eigenvalue weighted by Gasteiger charge is -2.06. The van der Waals surface area contributed by atoms with Gasteiger partial charge < -0.3 is 14.5 Å². The Balaban J connectivity index is 1.39. The summed E-state index contributed by atoms with van der Waals surface area (Å²) in [6, 6.07) is 14.0. The third kappa shape index (κ3) is 4.49. The van der Waals surface area contributed by atoms with Crippen LogP contribution in [0.2, 0.25) is 0 Å². The monoisotopic (exact) mass is 410 g/mol. The highest BCUT2D eigenvalue weighted by molar-refractivity contribution is 7.09. The Morgan fingerprint density at radius 1 is 1.10 bits per heavy atom. The quantitative estimate of drug-likeness (QED) is 0.485. The number of nitrogens with one attached hydrogen (secondary N) is 1. The molecule has 0 aliphatic rings. The van der Waals surface area contributed by atoms with Crippen molar-refractivity contribution in [3.8, 4) is 5.75 Å². The minimum atomic E-state index is -0.593. The van der Waals surface area contributed by atoms with E-state index in [4.69, 9.17) is 9.47 Å². The third-order valence-electron chi connectivity index (χ3n) is 4.10. The number of hydrogen-bond donors (Lipinski definition) is 1. The van der Waals surface area contributed by atoms with Crippen molar-refractivity contribution in [1.82, 2.24) is 9.97 Å². The van der Waals surface area contributed by atoms with Gasteiger partial charge in [-0.05, 0) is 30.3 Å². The average Bonchev–Trinajstić information content (AvgIpc) is 3.19. The summed E-state index contributed by atoms with van der Waals surface area (Å²) < 4.78 is 23.8. The van der Waals surface area contributed by atoms with Crippen molar-refractivity contribution in [2.24, 2.45) is 0 Å². The minimum Gasteiger partial charge on any atom is -0.486 e. The number of halogens is 1. The lowest BCUT2D eigenvalue weighted by molar-refractivity contribution is 0.0470. The SMILES string of the molecule is O=C(OCc1csc(COc2ccc(F)cc2)n1)c1cc(=O)[nH]c2ccccc12. The maximum absolute atomic E-state index is 12.9. The zero-order chi connectivity index (χ0) is 20.2. The zero-order valence-electron chi connectivity index (χ0n) is 15.1. The van der Waals surface area contributed by atoms with E-state index in [1.807, 2.05) is 0 Å². The van der Waals surface area contributed by atoms with Crippen LogP contribution in [0.25, 0.3) is 10.9 Å². The number of aromatic nitrogens is 2. The van der Waals surface area contributed by atoms with Gasteiger partial charge in [0.2, 0.25) is 5.56 Å². The first-order valence-electron chi connectivity index (χ1n) is 8.69. The van der Waals surface area contributed by atoms with Crippen molar-refractivity contribution < 1.29 is 18.7 Å². The van der Waals surface area contributed by atoms with Gasteiger partial charge in [0.15, 0.2) is 0 Å². The number of carbonyl (C=O) groups is 1. The summed E-state index contributed by atoms with van der Waals surface area (Å²) in [5.74, 6) is -0.385. The van der Waals surface area contributed by atoms with Crippen LogP contribution in [-0.4, -0.2) is 15.9 Å². The standard InChI is InChI=1S/C21H15FN2O4S/c22-13-5-7-15(8-6-13)27-11-20-23-14(12-29-20)10-28-21(26)17-9-19(25)24-18-4-2-1-3-16(17)18/h1-9,12H,10-11H2,(H,24,25). The lowest BCUT2D eigenvalue weighted by Crippen LogP contribution is -2.13. The van der Waals surface area contributed by atoms with Crippen LogP contribution in [0.3, 0.4) is 0 Å². The summed E-state index contributed by atoms with van der Waals surface area (Å²) in [6.45, 7) is 0.204. The summed E-state index contributed by atoms with van der Waals surface area (Å²) in [5, 5.41) is 3.08. The van der Waals surface area contributed by atoms with Gasteiger partial charge in [0.05, 0.1) is 11.3 Å². The fourth-order valence-electron chi connectivity index (χ4n) is 2.75. The number of fused-ring (bicyclic) bond motifs is 1. The van der Waals surface area contributed by atoms with E-state index in [0.717, 1.165) is 0 Å². The predicted octanol–water partition coefficient (Wildman–Crippen LogP) is 4.06. The molecule has 29 heavy (non-hydrogen) atoms. The maximum atomic E-state index is 12.9. The Labute approximate surface area is 168 Å². The summed E-state index contributed by atoms with van der Waals surface area (Å²) in [7, 11) is 0. The highest BCUT2D eigenvalue weighted by atomic mass is 32.1. The van der Waals surface area contributed by atoms with Crippen LogP contribution < -0.4 is 10.3 Å². The van der Waals surface area contributed by atoms with E-state index in [0.29, 0.717) is 27.4 Å². The molecule has 0 amide bonds. The van der Waals surface area contributed by atoms with Gasteiger partial charge in [-0.25, -0.2) is 14.2 Å². The fraction of sp³-hybridized carbons (Fsp3) is 0.0952. The van der Waals surface area contributed by atoms with Gasteiger partial charge in [-0.2, -0.15) is 0 Å². The Bertz CT molecular complexity index is 1220. The molecule has 0 fully saturated rings. The molecule has 2 heterocycles. The molecule has 4 rings (SSSR count). The van der Waals surface area contributed by atoms with E-state index in [9.17, 15) is 14.0 Å². The zero-order valence-corrected chi connectivity index (χ0v) is 15.9. The van der Waals surface area contributed by atoms with E-state index in [1.165, 1.54) is 41.7 Å². The van der Waals surface area contributed by atoms with Crippen molar-refractivity contribution in [2.45, 2.75) is 13.2 Å². The Kier molecular flexibility index (Phi) is 5.35. The number of para-hydroxylation sites is 1. The van der Waals surface area contributed by atoms with Crippen molar-refractivity contribution >= 4 is 28.2 Å². The number of hydrogen-bond acceptors (Lipinski definition) is 6. The molecule has 0 atom stereocenters. The van der Waals surface area contributed by atoms with Gasteiger partial charge in [-0.1, -0.05) is 18.2 Å². The smallest absolute Gasteiger partial charge is 0.339 e. The molecule has 2 aromatic carbocycles. The number of rotatable bonds is 6. The molecule has 8 heteroatoms. The topological polar surface area (TPSA) is 81.3 Å². The molecule has 1 N–H and O–H groups in total. The minimum absolute atomic E-state index is 0.0208. The first-order valence-corrected chi connectivity index (χ1v) is 9.57. The van der Waals surface area contributed by atoms with E-state index in [2.05, 4.69) is 9.97 Å². The van der Waals surface area contributed by atoms with Gasteiger partial charge in [-0.15, -0.1) is 11.3 Å². The first-order chi connectivity index (χ1) is 14.1. The molecule has 6 nitrogen and oxygen atoms in total. The number of nitrogens with zero attached hydrogens (tertiary/aromatic N) is 1. The summed E-state index contributed by atoms with van der Waals surface area (Å²) in [6.07, 6.45) is 0. The largest absolute Gasteiger partial charge is 0.486 e. The molecule has 0 aliphatic carbocycles. The van der Waals surface area contributed by atoms with Crippen LogP contribution in [0.5, 0.6) is 5.75 Å². The van der Waals surface area contributed by atoms with Gasteiger partial charge >= 0.3 is 5.97 Å². The highest BCUT2D eigenvalue weighted by Crippen LogP contribution is 2.18. The van der Waals surface area contributed by atoms with E-state index in [-0.39, 0.29) is 30.2 Å². The number of pyridine rings is 1. The summed E-state index contributed by atoms with van der Waals surface area (Å²) in [5.41, 5.74) is 0.986. The lowest BCUT2D eigenvalue weighted by atomic mass is 10.1. The van der Waals surface area contributed by atoms with Crippen LogP contribution in [0.15, 0.2) is 64.8 Å². The summed E-state index contributed by atoms with van der Waals surface area (Å²) in [4.78, 5) is 31.3. The molecule has 0 aliphatic heterocycles. The second kappa shape index (κ2) is 8.24. The van der Waals surface area contributed by atoms with Crippen LogP contribution >= 0.6 is 11.3 Å². The number of benzene rings is 2. The normalized spacial score (nSPS) is 10.8. The number of ether oxygens (including phenoxy) is 2. The van der Waals surface area contributed by atoms with Crippen LogP contribution in [0, 0.1) is 5.82 Å². The second-order valence-corrected chi connectivity index (χ2v) is 7.09. The molecule has 0 saturated heterocycles. The number of thiazole rings is 1. The van der Waals surface area contributed by atoms with Gasteiger partial charge in [0.1, 0.15) is 29.8 Å². The van der Waals surface area contributed by atoms with Gasteiger partial charge in [-0.3, -0.25) is 4.79 Å². The third-order valence-corrected chi connectivity index (χ3v) is 4.97. The summed E-state index contributed by atoms with van der Waals surface area (Å²) >= 11 is 1.37. The van der Waals surface area contributed by atoms with E-state index >= 15 is 0 Å². The Hall–Kier alpha value is -3.52. The number of aromatic amines is 1. The van der Waals surface area contributed by atoms with Gasteiger partial charge in [0, 0.05) is 22.3 Å². The molecular formula is C21H15FN2O4S. The molecule has 4 aromatic rings. The second-order valence-electron chi connectivity index (χ2n) is 6.14. The highest BCUT2D eigenvalue weighted by Gasteiger charge is 2.14. The molecule has 2 aromatic heterocycles. The van der Waals surface area contributed by atoms with Crippen molar-refractivity contribution in [2.75, 3.05) is 0 Å². The van der Waals surface area contributed by atoms with Crippen LogP contribution in [0.4, 0.5) is 4.39 Å². The number of esters is 1. The van der Waals surface area contributed by atoms with Crippen molar-refractivity contribution in [3.63, 3.8) is 0 Å². The maximum Gasteiger partial charge on any atom is 0.339 e. The van der Waals surface area contributed by atoms with E-state index < -0.39 is 5.97 Å². The average molecular weight is 410 g/mol. The molecular weight excluding hydrogens is 395 g/mol. The van der Waals surface area contributed by atoms with Crippen molar-refractivity contribution in [1.29, 1.82) is 0 Å². The van der Waals surface area contributed by atoms with Crippen LogP contribution in [-0.2, 0) is 18.0 Å². The molecule has 0 bridgehead atoms. The van der Waals surface area contributed by atoms with Crippen molar-refractivity contribution in [3.05, 3.63) is 92.4 Å². The molecule has 0 spiro atoms. The van der Waals surface area contributed by atoms with Gasteiger partial charge in [0.25, 0.3) is 0 Å². The van der Waals surface area contributed by atoms with E-state index in [1.54, 1.807) is 29.6 Å². The Morgan fingerprint density at radius 2 is 1.90 bits per heavy atom. The molecule has 0 radical (unpaired) electrons. The van der Waals surface area contributed by atoms with Crippen LogP contribution in [0.1, 0.15) is 21.1 Å². The molecule has 146 valence electrons. The fourth-order valence-corrected chi connectivity index (χ4v) is 3.44. The molecule has 0 unspecified atom stereocenters. The Morgan fingerprint density at radius 3 is 2.72 bits per heavy atom. The number of H-pyrrole nitrogens is 1.